The number of amides is 1. The standard InChI is InChI=1S/C8H15NO3/c1-4-12-6-7(10)5-8(11)9(2)3/h4-6H2,1-3H3. The van der Waals surface area contributed by atoms with Crippen molar-refractivity contribution in [1.29, 1.82) is 0 Å². The van der Waals surface area contributed by atoms with Crippen LogP contribution in [0.1, 0.15) is 13.3 Å². The van der Waals surface area contributed by atoms with Gasteiger partial charge in [0.15, 0.2) is 5.78 Å². The minimum absolute atomic E-state index is 0.0378. The van der Waals surface area contributed by atoms with Crippen LogP contribution in [0.4, 0.5) is 0 Å². The number of carbonyl (C=O) groups is 2. The van der Waals surface area contributed by atoms with Crippen LogP contribution in [0, 0.1) is 0 Å². The molecule has 0 spiro atoms. The van der Waals surface area contributed by atoms with Crippen molar-refractivity contribution < 1.29 is 14.3 Å². The number of ether oxygens (including phenoxy) is 1. The number of nitrogens with zero attached hydrogens (tertiary/aromatic N) is 1. The molecule has 0 saturated carbocycles. The number of rotatable bonds is 5. The molecule has 0 aliphatic rings. The molecule has 0 saturated heterocycles. The third kappa shape index (κ3) is 4.85. The summed E-state index contributed by atoms with van der Waals surface area (Å²) in [5, 5.41) is 0. The van der Waals surface area contributed by atoms with Crippen LogP contribution >= 0.6 is 0 Å². The third-order valence-corrected chi connectivity index (χ3v) is 1.31. The summed E-state index contributed by atoms with van der Waals surface area (Å²) in [5.41, 5.74) is 0. The summed E-state index contributed by atoms with van der Waals surface area (Å²) >= 11 is 0. The van der Waals surface area contributed by atoms with Gasteiger partial charge in [0.1, 0.15) is 6.61 Å². The molecule has 0 atom stereocenters. The monoisotopic (exact) mass is 173 g/mol. The summed E-state index contributed by atoms with van der Waals surface area (Å²) in [7, 11) is 3.24. The van der Waals surface area contributed by atoms with Gasteiger partial charge in [0, 0.05) is 20.7 Å². The van der Waals surface area contributed by atoms with E-state index in [4.69, 9.17) is 4.74 Å². The van der Waals surface area contributed by atoms with Crippen LogP contribution in [0.3, 0.4) is 0 Å². The summed E-state index contributed by atoms with van der Waals surface area (Å²) in [6.45, 7) is 2.35. The van der Waals surface area contributed by atoms with Crippen LogP contribution in [0.25, 0.3) is 0 Å². The highest BCUT2D eigenvalue weighted by Crippen LogP contribution is 1.90. The van der Waals surface area contributed by atoms with E-state index < -0.39 is 0 Å². The van der Waals surface area contributed by atoms with Crippen molar-refractivity contribution in [2.24, 2.45) is 0 Å². The number of hydrogen-bond acceptors (Lipinski definition) is 3. The molecule has 1 amide bonds. The Morgan fingerprint density at radius 2 is 1.92 bits per heavy atom. The van der Waals surface area contributed by atoms with Gasteiger partial charge in [-0.2, -0.15) is 0 Å². The normalized spacial score (nSPS) is 9.58. The lowest BCUT2D eigenvalue weighted by atomic mass is 10.3. The van der Waals surface area contributed by atoms with Crippen molar-refractivity contribution in [3.05, 3.63) is 0 Å². The molecule has 0 heterocycles. The fourth-order valence-electron chi connectivity index (χ4n) is 0.594. The first kappa shape index (κ1) is 11.1. The lowest BCUT2D eigenvalue weighted by Gasteiger charge is -2.08. The second kappa shape index (κ2) is 5.71. The molecule has 0 aliphatic carbocycles. The average molecular weight is 173 g/mol. The minimum Gasteiger partial charge on any atom is -0.374 e. The van der Waals surface area contributed by atoms with Gasteiger partial charge in [-0.3, -0.25) is 9.59 Å². The SMILES string of the molecule is CCOCC(=O)CC(=O)N(C)C. The summed E-state index contributed by atoms with van der Waals surface area (Å²) in [4.78, 5) is 23.3. The Kier molecular flexibility index (Phi) is 5.28. The van der Waals surface area contributed by atoms with Gasteiger partial charge in [-0.05, 0) is 6.92 Å². The van der Waals surface area contributed by atoms with Crippen LogP contribution in [0.15, 0.2) is 0 Å². The van der Waals surface area contributed by atoms with E-state index in [9.17, 15) is 9.59 Å². The molecule has 0 fully saturated rings. The van der Waals surface area contributed by atoms with E-state index >= 15 is 0 Å². The van der Waals surface area contributed by atoms with Crippen LogP contribution in [-0.4, -0.2) is 43.9 Å². The summed E-state index contributed by atoms with van der Waals surface area (Å²) in [5.74, 6) is -0.352. The molecule has 0 aromatic carbocycles. The van der Waals surface area contributed by atoms with Gasteiger partial charge in [-0.1, -0.05) is 0 Å². The Bertz CT molecular complexity index is 166. The lowest BCUT2D eigenvalue weighted by Crippen LogP contribution is -2.25. The van der Waals surface area contributed by atoms with Crippen LogP contribution < -0.4 is 0 Å². The first-order chi connectivity index (χ1) is 5.57. The number of carbonyl (C=O) groups excluding carboxylic acids is 2. The van der Waals surface area contributed by atoms with Crippen molar-refractivity contribution in [3.63, 3.8) is 0 Å². The number of hydrogen-bond donors (Lipinski definition) is 0. The molecule has 0 unspecified atom stereocenters. The molecule has 0 radical (unpaired) electrons. The molecular weight excluding hydrogens is 158 g/mol. The molecule has 0 N–H and O–H groups in total. The molecule has 0 aromatic rings. The minimum atomic E-state index is -0.181. The van der Waals surface area contributed by atoms with Crippen molar-refractivity contribution >= 4 is 11.7 Å². The fourth-order valence-corrected chi connectivity index (χ4v) is 0.594. The molecule has 70 valence electrons. The van der Waals surface area contributed by atoms with Crippen molar-refractivity contribution in [3.8, 4) is 0 Å². The van der Waals surface area contributed by atoms with E-state index in [1.54, 1.807) is 21.0 Å². The number of Topliss-reactive ketones (excluding diaryl/α,β-unsaturated/α-hetero) is 1. The molecule has 0 aliphatic heterocycles. The molecule has 0 aromatic heterocycles. The van der Waals surface area contributed by atoms with E-state index in [0.717, 1.165) is 0 Å². The zero-order valence-electron chi connectivity index (χ0n) is 7.79. The van der Waals surface area contributed by atoms with Gasteiger partial charge in [0.2, 0.25) is 5.91 Å². The maximum Gasteiger partial charge on any atom is 0.229 e. The molecule has 12 heavy (non-hydrogen) atoms. The van der Waals surface area contributed by atoms with Gasteiger partial charge in [-0.25, -0.2) is 0 Å². The highest BCUT2D eigenvalue weighted by molar-refractivity contribution is 5.98. The van der Waals surface area contributed by atoms with Gasteiger partial charge in [0.05, 0.1) is 6.42 Å². The Balaban J connectivity index is 3.62. The molecule has 0 rings (SSSR count). The van der Waals surface area contributed by atoms with Gasteiger partial charge in [-0.15, -0.1) is 0 Å². The first-order valence-electron chi connectivity index (χ1n) is 3.87. The van der Waals surface area contributed by atoms with Crippen LogP contribution in [0.2, 0.25) is 0 Å². The summed E-state index contributed by atoms with van der Waals surface area (Å²) in [6.07, 6.45) is -0.0625. The van der Waals surface area contributed by atoms with Crippen LogP contribution in [0.5, 0.6) is 0 Å². The fraction of sp³-hybridized carbons (Fsp3) is 0.750. The van der Waals surface area contributed by atoms with E-state index in [1.165, 1.54) is 4.90 Å². The van der Waals surface area contributed by atoms with Crippen molar-refractivity contribution in [2.75, 3.05) is 27.3 Å². The molecule has 4 nitrogen and oxygen atoms in total. The van der Waals surface area contributed by atoms with E-state index in [1.807, 2.05) is 0 Å². The average Bonchev–Trinajstić information content (AvgIpc) is 2.00. The number of ketones is 1. The quantitative estimate of drug-likeness (QED) is 0.553. The van der Waals surface area contributed by atoms with Gasteiger partial charge >= 0.3 is 0 Å². The smallest absolute Gasteiger partial charge is 0.229 e. The zero-order chi connectivity index (χ0) is 9.56. The largest absolute Gasteiger partial charge is 0.374 e. The maximum absolute atomic E-state index is 11.0. The second-order valence-corrected chi connectivity index (χ2v) is 2.64. The predicted molar refractivity (Wildman–Crippen MR) is 44.8 cm³/mol. The Hall–Kier alpha value is -0.900. The Labute approximate surface area is 72.5 Å². The topological polar surface area (TPSA) is 46.6 Å². The molecule has 4 heteroatoms. The first-order valence-corrected chi connectivity index (χ1v) is 3.87. The summed E-state index contributed by atoms with van der Waals surface area (Å²) < 4.78 is 4.86. The molecule has 0 bridgehead atoms. The highest BCUT2D eigenvalue weighted by Gasteiger charge is 2.10. The maximum atomic E-state index is 11.0. The van der Waals surface area contributed by atoms with Gasteiger partial charge < -0.3 is 9.64 Å². The van der Waals surface area contributed by atoms with E-state index in [-0.39, 0.29) is 24.7 Å². The highest BCUT2D eigenvalue weighted by atomic mass is 16.5. The van der Waals surface area contributed by atoms with E-state index in [2.05, 4.69) is 0 Å². The van der Waals surface area contributed by atoms with E-state index in [0.29, 0.717) is 6.61 Å². The van der Waals surface area contributed by atoms with Gasteiger partial charge in [0.25, 0.3) is 0 Å². The third-order valence-electron chi connectivity index (χ3n) is 1.31. The predicted octanol–water partition coefficient (Wildman–Crippen LogP) is 0.0703. The molecular formula is C8H15NO3. The Morgan fingerprint density at radius 1 is 1.33 bits per heavy atom. The Morgan fingerprint density at radius 3 is 2.33 bits per heavy atom. The second-order valence-electron chi connectivity index (χ2n) is 2.64. The summed E-state index contributed by atoms with van der Waals surface area (Å²) in [6, 6.07) is 0. The van der Waals surface area contributed by atoms with Crippen molar-refractivity contribution in [1.82, 2.24) is 4.90 Å². The van der Waals surface area contributed by atoms with Crippen molar-refractivity contribution in [2.45, 2.75) is 13.3 Å². The lowest BCUT2D eigenvalue weighted by molar-refractivity contribution is -0.135. The zero-order valence-corrected chi connectivity index (χ0v) is 7.79. The van der Waals surface area contributed by atoms with Crippen LogP contribution in [-0.2, 0) is 14.3 Å².